The number of fused-ring (bicyclic) bond motifs is 1. The number of ether oxygens (including phenoxy) is 4. The summed E-state index contributed by atoms with van der Waals surface area (Å²) in [5, 5.41) is 12.6. The molecule has 3 atom stereocenters. The van der Waals surface area contributed by atoms with Crippen LogP contribution in [0.3, 0.4) is 0 Å². The minimum absolute atomic E-state index is 0.0190. The van der Waals surface area contributed by atoms with Crippen LogP contribution in [0.15, 0.2) is 71.0 Å². The van der Waals surface area contributed by atoms with E-state index in [1.54, 1.807) is 30.5 Å². The average molecular weight is 511 g/mol. The van der Waals surface area contributed by atoms with Crippen LogP contribution in [0.25, 0.3) is 11.0 Å². The lowest BCUT2D eigenvalue weighted by Gasteiger charge is -2.36. The molecule has 0 radical (unpaired) electrons. The SMILES string of the molecule is CCOC1OC(C(=O)Nc2ccccc2N)=CC(c2coc3ccccc23)C1CCOCCOCCO. The number of furan rings is 1. The molecule has 2 aromatic carbocycles. The van der Waals surface area contributed by atoms with Gasteiger partial charge in [0, 0.05) is 36.0 Å². The van der Waals surface area contributed by atoms with Crippen LogP contribution in [0.4, 0.5) is 11.4 Å². The summed E-state index contributed by atoms with van der Waals surface area (Å²) in [5.74, 6) is -0.614. The van der Waals surface area contributed by atoms with Gasteiger partial charge in [-0.05, 0) is 37.6 Å². The third-order valence-electron chi connectivity index (χ3n) is 6.22. The van der Waals surface area contributed by atoms with Gasteiger partial charge in [0.05, 0.1) is 44.1 Å². The van der Waals surface area contributed by atoms with Gasteiger partial charge in [-0.15, -0.1) is 0 Å². The van der Waals surface area contributed by atoms with E-state index in [4.69, 9.17) is 34.2 Å². The molecule has 0 aliphatic carbocycles. The average Bonchev–Trinajstić information content (AvgIpc) is 3.34. The maximum absolute atomic E-state index is 13.2. The fourth-order valence-electron chi connectivity index (χ4n) is 4.45. The van der Waals surface area contributed by atoms with E-state index in [0.717, 1.165) is 16.5 Å². The Labute approximate surface area is 216 Å². The Balaban J connectivity index is 1.59. The van der Waals surface area contributed by atoms with E-state index < -0.39 is 12.2 Å². The van der Waals surface area contributed by atoms with Crippen molar-refractivity contribution in [3.8, 4) is 0 Å². The summed E-state index contributed by atoms with van der Waals surface area (Å²) >= 11 is 0. The van der Waals surface area contributed by atoms with Crippen molar-refractivity contribution in [1.82, 2.24) is 0 Å². The highest BCUT2D eigenvalue weighted by molar-refractivity contribution is 6.04. The number of hydrogen-bond donors (Lipinski definition) is 3. The van der Waals surface area contributed by atoms with Crippen molar-refractivity contribution in [3.63, 3.8) is 0 Å². The smallest absolute Gasteiger partial charge is 0.290 e. The Hall–Kier alpha value is -3.37. The molecule has 9 nitrogen and oxygen atoms in total. The number of carbonyl (C=O) groups is 1. The first-order chi connectivity index (χ1) is 18.1. The zero-order valence-corrected chi connectivity index (χ0v) is 20.9. The second kappa shape index (κ2) is 13.3. The first-order valence-corrected chi connectivity index (χ1v) is 12.5. The van der Waals surface area contributed by atoms with Crippen LogP contribution in [0, 0.1) is 5.92 Å². The number of rotatable bonds is 13. The molecule has 0 spiro atoms. The van der Waals surface area contributed by atoms with E-state index in [1.165, 1.54) is 0 Å². The lowest BCUT2D eigenvalue weighted by Crippen LogP contribution is -2.38. The molecule has 0 fully saturated rings. The maximum Gasteiger partial charge on any atom is 0.290 e. The van der Waals surface area contributed by atoms with Crippen LogP contribution in [0.1, 0.15) is 24.8 Å². The van der Waals surface area contributed by atoms with E-state index >= 15 is 0 Å². The summed E-state index contributed by atoms with van der Waals surface area (Å²) in [7, 11) is 0. The zero-order valence-electron chi connectivity index (χ0n) is 20.9. The van der Waals surface area contributed by atoms with E-state index in [-0.39, 0.29) is 30.8 Å². The zero-order chi connectivity index (χ0) is 26.0. The number of benzene rings is 2. The van der Waals surface area contributed by atoms with Crippen LogP contribution < -0.4 is 11.1 Å². The van der Waals surface area contributed by atoms with Gasteiger partial charge < -0.3 is 39.5 Å². The van der Waals surface area contributed by atoms with Gasteiger partial charge in [-0.3, -0.25) is 4.79 Å². The first kappa shape index (κ1) is 26.7. The van der Waals surface area contributed by atoms with Gasteiger partial charge >= 0.3 is 0 Å². The molecule has 4 N–H and O–H groups in total. The van der Waals surface area contributed by atoms with Gasteiger partial charge in [0.15, 0.2) is 5.76 Å². The fourth-order valence-corrected chi connectivity index (χ4v) is 4.45. The standard InChI is InChI=1S/C28H34N2O7/c1-2-35-28-20(11-13-33-15-16-34-14-12-31)21(22-18-36-25-10-6-3-7-19(22)25)17-26(37-28)27(32)30-24-9-5-4-8-23(24)29/h3-10,17-18,20-21,28,31H,2,11-16,29H2,1H3,(H,30,32). The van der Waals surface area contributed by atoms with Crippen LogP contribution in [0.5, 0.6) is 0 Å². The third-order valence-corrected chi connectivity index (χ3v) is 6.22. The summed E-state index contributed by atoms with van der Waals surface area (Å²) in [5.41, 5.74) is 8.71. The normalized spacial score (nSPS) is 19.4. The Morgan fingerprint density at radius 2 is 1.81 bits per heavy atom. The Morgan fingerprint density at radius 3 is 2.59 bits per heavy atom. The molecule has 2 heterocycles. The quantitative estimate of drug-likeness (QED) is 0.232. The Morgan fingerprint density at radius 1 is 1.05 bits per heavy atom. The number of amides is 1. The highest BCUT2D eigenvalue weighted by atomic mass is 16.7. The van der Waals surface area contributed by atoms with Crippen LogP contribution in [0.2, 0.25) is 0 Å². The molecule has 0 saturated carbocycles. The molecule has 198 valence electrons. The molecule has 4 rings (SSSR count). The topological polar surface area (TPSA) is 125 Å². The summed E-state index contributed by atoms with van der Waals surface area (Å²) in [4.78, 5) is 13.2. The molecule has 1 amide bonds. The molecule has 1 aromatic heterocycles. The van der Waals surface area contributed by atoms with Crippen molar-refractivity contribution in [1.29, 1.82) is 0 Å². The van der Waals surface area contributed by atoms with Gasteiger partial charge in [-0.25, -0.2) is 0 Å². The van der Waals surface area contributed by atoms with Crippen LogP contribution in [-0.4, -0.2) is 56.9 Å². The van der Waals surface area contributed by atoms with Gasteiger partial charge in [0.25, 0.3) is 5.91 Å². The largest absolute Gasteiger partial charge is 0.464 e. The lowest BCUT2D eigenvalue weighted by atomic mass is 9.81. The molecule has 1 aliphatic heterocycles. The first-order valence-electron chi connectivity index (χ1n) is 12.5. The summed E-state index contributed by atoms with van der Waals surface area (Å²) in [6, 6.07) is 14.9. The number of nitrogens with two attached hydrogens (primary N) is 1. The molecule has 1 aliphatic rings. The van der Waals surface area contributed by atoms with Crippen LogP contribution in [-0.2, 0) is 23.7 Å². The molecular weight excluding hydrogens is 476 g/mol. The van der Waals surface area contributed by atoms with E-state index in [9.17, 15) is 4.79 Å². The molecule has 0 bridgehead atoms. The second-order valence-corrected chi connectivity index (χ2v) is 8.63. The molecule has 37 heavy (non-hydrogen) atoms. The summed E-state index contributed by atoms with van der Waals surface area (Å²) in [6.45, 7) is 3.83. The molecule has 0 saturated heterocycles. The van der Waals surface area contributed by atoms with Crippen molar-refractivity contribution < 1.29 is 33.3 Å². The van der Waals surface area contributed by atoms with Crippen molar-refractivity contribution in [2.24, 2.45) is 5.92 Å². The third kappa shape index (κ3) is 6.69. The number of allylic oxidation sites excluding steroid dienone is 1. The van der Waals surface area contributed by atoms with Gasteiger partial charge in [0.2, 0.25) is 6.29 Å². The van der Waals surface area contributed by atoms with Crippen molar-refractivity contribution in [3.05, 3.63) is 72.2 Å². The van der Waals surface area contributed by atoms with Gasteiger partial charge in [-0.1, -0.05) is 30.3 Å². The van der Waals surface area contributed by atoms with Gasteiger partial charge in [0.1, 0.15) is 5.58 Å². The number of anilines is 2. The number of aliphatic hydroxyl groups excluding tert-OH is 1. The van der Waals surface area contributed by atoms with E-state index in [2.05, 4.69) is 5.32 Å². The van der Waals surface area contributed by atoms with Gasteiger partial charge in [-0.2, -0.15) is 0 Å². The number of nitrogens with one attached hydrogen (secondary N) is 1. The predicted octanol–water partition coefficient (Wildman–Crippen LogP) is 4.05. The van der Waals surface area contributed by atoms with Crippen LogP contribution >= 0.6 is 0 Å². The molecular formula is C28H34N2O7. The Kier molecular flexibility index (Phi) is 9.56. The van der Waals surface area contributed by atoms with Crippen molar-refractivity contribution >= 4 is 28.3 Å². The number of carbonyl (C=O) groups excluding carboxylic acids is 1. The molecule has 9 heteroatoms. The summed E-state index contributed by atoms with van der Waals surface area (Å²) < 4.78 is 29.0. The number of para-hydroxylation sites is 3. The number of hydrogen-bond acceptors (Lipinski definition) is 8. The number of aliphatic hydroxyl groups is 1. The van der Waals surface area contributed by atoms with E-state index in [0.29, 0.717) is 44.2 Å². The molecule has 3 aromatic rings. The highest BCUT2D eigenvalue weighted by Crippen LogP contribution is 2.42. The second-order valence-electron chi connectivity index (χ2n) is 8.63. The predicted molar refractivity (Wildman–Crippen MR) is 140 cm³/mol. The minimum Gasteiger partial charge on any atom is -0.464 e. The maximum atomic E-state index is 13.2. The Bertz CT molecular complexity index is 1190. The minimum atomic E-state index is -0.670. The van der Waals surface area contributed by atoms with Crippen molar-refractivity contribution in [2.75, 3.05) is 50.7 Å². The van der Waals surface area contributed by atoms with E-state index in [1.807, 2.05) is 37.3 Å². The summed E-state index contributed by atoms with van der Waals surface area (Å²) in [6.07, 6.45) is 3.51. The molecule has 3 unspecified atom stereocenters. The monoisotopic (exact) mass is 510 g/mol. The highest BCUT2D eigenvalue weighted by Gasteiger charge is 2.39. The lowest BCUT2D eigenvalue weighted by molar-refractivity contribution is -0.166. The number of nitrogen functional groups attached to an aromatic ring is 1. The van der Waals surface area contributed by atoms with Crippen molar-refractivity contribution in [2.45, 2.75) is 25.6 Å². The fraction of sp³-hybridized carbons (Fsp3) is 0.393.